The monoisotopic (exact) mass is 230 g/mol. The molecule has 0 radical (unpaired) electrons. The van der Waals surface area contributed by atoms with Crippen molar-refractivity contribution in [3.05, 3.63) is 0 Å². The first-order valence-electron chi connectivity index (χ1n) is 5.48. The molecule has 0 aromatic heterocycles. The summed E-state index contributed by atoms with van der Waals surface area (Å²) in [4.78, 5) is 14.1. The smallest absolute Gasteiger partial charge is 0.240 e. The second-order valence-corrected chi connectivity index (χ2v) is 6.45. The predicted octanol–water partition coefficient (Wildman–Crippen LogP) is 1.32. The van der Waals surface area contributed by atoms with Gasteiger partial charge in [0.2, 0.25) is 5.91 Å². The van der Waals surface area contributed by atoms with Gasteiger partial charge in [0.15, 0.2) is 0 Å². The third kappa shape index (κ3) is 3.11. The first-order chi connectivity index (χ1) is 6.84. The number of carbonyl (C=O) groups excluding carboxylic acids is 1. The molecular formula is C11H22N2OS. The van der Waals surface area contributed by atoms with Crippen molar-refractivity contribution in [3.63, 3.8) is 0 Å². The third-order valence-corrected chi connectivity index (χ3v) is 4.04. The Labute approximate surface area is 96.8 Å². The van der Waals surface area contributed by atoms with Crippen molar-refractivity contribution >= 4 is 17.7 Å². The van der Waals surface area contributed by atoms with Crippen LogP contribution in [0.2, 0.25) is 0 Å². The second-order valence-electron chi connectivity index (χ2n) is 5.30. The van der Waals surface area contributed by atoms with Gasteiger partial charge in [0.05, 0.1) is 6.04 Å². The molecule has 1 fully saturated rings. The van der Waals surface area contributed by atoms with E-state index in [2.05, 4.69) is 6.92 Å². The standard InChI is InChI=1S/C11H22N2OS/c1-8-7-15-6-5-13(8)10(14)9(12)11(2,3)4/h8-9H,5-7,12H2,1-4H3. The van der Waals surface area contributed by atoms with Crippen molar-refractivity contribution in [1.82, 2.24) is 4.90 Å². The molecule has 3 nitrogen and oxygen atoms in total. The molecule has 1 aliphatic heterocycles. The van der Waals surface area contributed by atoms with Gasteiger partial charge in [-0.25, -0.2) is 0 Å². The molecule has 2 N–H and O–H groups in total. The summed E-state index contributed by atoms with van der Waals surface area (Å²) in [6.07, 6.45) is 0. The molecule has 88 valence electrons. The molecule has 1 saturated heterocycles. The first kappa shape index (κ1) is 12.8. The highest BCUT2D eigenvalue weighted by Gasteiger charge is 2.33. The lowest BCUT2D eigenvalue weighted by Crippen LogP contribution is -2.55. The topological polar surface area (TPSA) is 46.3 Å². The van der Waals surface area contributed by atoms with Crippen molar-refractivity contribution in [2.24, 2.45) is 11.1 Å². The molecule has 1 amide bonds. The minimum absolute atomic E-state index is 0.107. The number of hydrogen-bond donors (Lipinski definition) is 1. The van der Waals surface area contributed by atoms with Crippen LogP contribution in [0.1, 0.15) is 27.7 Å². The van der Waals surface area contributed by atoms with E-state index in [1.54, 1.807) is 0 Å². The third-order valence-electron chi connectivity index (χ3n) is 2.85. The van der Waals surface area contributed by atoms with Crippen LogP contribution in [-0.2, 0) is 4.79 Å². The fourth-order valence-corrected chi connectivity index (χ4v) is 2.62. The minimum atomic E-state index is -0.386. The minimum Gasteiger partial charge on any atom is -0.337 e. The lowest BCUT2D eigenvalue weighted by Gasteiger charge is -2.37. The molecule has 4 heteroatoms. The highest BCUT2D eigenvalue weighted by Crippen LogP contribution is 2.22. The van der Waals surface area contributed by atoms with E-state index < -0.39 is 0 Å². The molecule has 1 aliphatic rings. The number of hydrogen-bond acceptors (Lipinski definition) is 3. The Kier molecular flexibility index (Phi) is 4.06. The normalized spacial score (nSPS) is 25.1. The van der Waals surface area contributed by atoms with Gasteiger partial charge in [-0.1, -0.05) is 20.8 Å². The van der Waals surface area contributed by atoms with Crippen LogP contribution in [0, 0.1) is 5.41 Å². The van der Waals surface area contributed by atoms with Gasteiger partial charge >= 0.3 is 0 Å². The van der Waals surface area contributed by atoms with Gasteiger partial charge in [0.25, 0.3) is 0 Å². The van der Waals surface area contributed by atoms with Crippen molar-refractivity contribution in [3.8, 4) is 0 Å². The number of carbonyl (C=O) groups is 1. The van der Waals surface area contributed by atoms with Crippen LogP contribution < -0.4 is 5.73 Å². The van der Waals surface area contributed by atoms with Gasteiger partial charge in [-0.15, -0.1) is 0 Å². The van der Waals surface area contributed by atoms with E-state index in [0.717, 1.165) is 18.1 Å². The fraction of sp³-hybridized carbons (Fsp3) is 0.909. The van der Waals surface area contributed by atoms with Gasteiger partial charge in [0.1, 0.15) is 0 Å². The summed E-state index contributed by atoms with van der Waals surface area (Å²) >= 11 is 1.91. The SMILES string of the molecule is CC1CSCCN1C(=O)C(N)C(C)(C)C. The van der Waals surface area contributed by atoms with Gasteiger partial charge in [0, 0.05) is 24.1 Å². The summed E-state index contributed by atoms with van der Waals surface area (Å²) in [5.41, 5.74) is 5.84. The van der Waals surface area contributed by atoms with Crippen molar-refractivity contribution in [2.45, 2.75) is 39.8 Å². The lowest BCUT2D eigenvalue weighted by atomic mass is 9.86. The van der Waals surface area contributed by atoms with Crippen LogP contribution >= 0.6 is 11.8 Å². The van der Waals surface area contributed by atoms with Crippen LogP contribution in [-0.4, -0.2) is 40.9 Å². The number of nitrogens with two attached hydrogens (primary N) is 1. The average molecular weight is 230 g/mol. The molecule has 15 heavy (non-hydrogen) atoms. The van der Waals surface area contributed by atoms with Gasteiger partial charge in [-0.3, -0.25) is 4.79 Å². The van der Waals surface area contributed by atoms with Crippen molar-refractivity contribution in [2.75, 3.05) is 18.1 Å². The zero-order valence-electron chi connectivity index (χ0n) is 10.1. The summed E-state index contributed by atoms with van der Waals surface area (Å²) in [5, 5.41) is 0. The van der Waals surface area contributed by atoms with E-state index in [0.29, 0.717) is 6.04 Å². The highest BCUT2D eigenvalue weighted by atomic mass is 32.2. The van der Waals surface area contributed by atoms with Crippen molar-refractivity contribution < 1.29 is 4.79 Å². The summed E-state index contributed by atoms with van der Waals surface area (Å²) in [6, 6.07) is -0.0623. The maximum atomic E-state index is 12.1. The Bertz CT molecular complexity index is 237. The molecule has 0 aromatic carbocycles. The van der Waals surface area contributed by atoms with E-state index in [9.17, 15) is 4.79 Å². The largest absolute Gasteiger partial charge is 0.337 e. The van der Waals surface area contributed by atoms with Crippen LogP contribution in [0.15, 0.2) is 0 Å². The quantitative estimate of drug-likeness (QED) is 0.739. The van der Waals surface area contributed by atoms with Gasteiger partial charge in [-0.2, -0.15) is 11.8 Å². The maximum absolute atomic E-state index is 12.1. The van der Waals surface area contributed by atoms with Crippen LogP contribution in [0.3, 0.4) is 0 Å². The van der Waals surface area contributed by atoms with Gasteiger partial charge < -0.3 is 10.6 Å². The van der Waals surface area contributed by atoms with E-state index in [1.165, 1.54) is 0 Å². The Morgan fingerprint density at radius 2 is 2.13 bits per heavy atom. The fourth-order valence-electron chi connectivity index (χ4n) is 1.60. The summed E-state index contributed by atoms with van der Waals surface area (Å²) in [5.74, 6) is 2.17. The molecule has 2 atom stereocenters. The van der Waals surface area contributed by atoms with E-state index in [1.807, 2.05) is 37.4 Å². The van der Waals surface area contributed by atoms with Crippen molar-refractivity contribution in [1.29, 1.82) is 0 Å². The number of nitrogens with zero attached hydrogens (tertiary/aromatic N) is 1. The molecule has 1 heterocycles. The lowest BCUT2D eigenvalue weighted by molar-refractivity contribution is -0.136. The first-order valence-corrected chi connectivity index (χ1v) is 6.63. The predicted molar refractivity (Wildman–Crippen MR) is 65.9 cm³/mol. The summed E-state index contributed by atoms with van der Waals surface area (Å²) in [6.45, 7) is 8.98. The molecule has 0 aliphatic carbocycles. The Hall–Kier alpha value is -0.220. The second kappa shape index (κ2) is 4.74. The molecule has 0 aromatic rings. The molecular weight excluding hydrogens is 208 g/mol. The van der Waals surface area contributed by atoms with Crippen LogP contribution in [0.25, 0.3) is 0 Å². The zero-order chi connectivity index (χ0) is 11.6. The Morgan fingerprint density at radius 3 is 2.60 bits per heavy atom. The Balaban J connectivity index is 2.66. The summed E-state index contributed by atoms with van der Waals surface area (Å²) < 4.78 is 0. The number of rotatable bonds is 1. The van der Waals surface area contributed by atoms with E-state index in [-0.39, 0.29) is 17.4 Å². The average Bonchev–Trinajstić information content (AvgIpc) is 2.15. The molecule has 0 spiro atoms. The van der Waals surface area contributed by atoms with E-state index in [4.69, 9.17) is 5.73 Å². The molecule has 2 unspecified atom stereocenters. The van der Waals surface area contributed by atoms with E-state index >= 15 is 0 Å². The zero-order valence-corrected chi connectivity index (χ0v) is 10.9. The van der Waals surface area contributed by atoms with Gasteiger partial charge in [-0.05, 0) is 12.3 Å². The number of amides is 1. The highest BCUT2D eigenvalue weighted by molar-refractivity contribution is 7.99. The maximum Gasteiger partial charge on any atom is 0.240 e. The van der Waals surface area contributed by atoms with Crippen LogP contribution in [0.5, 0.6) is 0 Å². The Morgan fingerprint density at radius 1 is 1.53 bits per heavy atom. The number of thioether (sulfide) groups is 1. The molecule has 0 bridgehead atoms. The molecule has 1 rings (SSSR count). The molecule has 0 saturated carbocycles. The summed E-state index contributed by atoms with van der Waals surface area (Å²) in [7, 11) is 0. The van der Waals surface area contributed by atoms with Crippen LogP contribution in [0.4, 0.5) is 0 Å².